The van der Waals surface area contributed by atoms with Crippen LogP contribution in [0.15, 0.2) is 35.2 Å². The molecule has 4 heteroatoms. The van der Waals surface area contributed by atoms with Gasteiger partial charge in [-0.1, -0.05) is 25.1 Å². The highest BCUT2D eigenvalue weighted by atomic mass is 32.2. The first-order chi connectivity index (χ1) is 10.2. The van der Waals surface area contributed by atoms with Crippen LogP contribution in [0.5, 0.6) is 0 Å². The molecule has 2 rings (SSSR count). The molecule has 1 aromatic carbocycles. The summed E-state index contributed by atoms with van der Waals surface area (Å²) in [4.78, 5) is 10.6. The molecular formula is C17H23N3S. The minimum atomic E-state index is 0.819. The molecule has 0 radical (unpaired) electrons. The van der Waals surface area contributed by atoms with Gasteiger partial charge in [0.15, 0.2) is 0 Å². The van der Waals surface area contributed by atoms with Gasteiger partial charge in [0.05, 0.1) is 5.75 Å². The fourth-order valence-electron chi connectivity index (χ4n) is 2.29. The van der Waals surface area contributed by atoms with Crippen LogP contribution in [-0.4, -0.2) is 23.1 Å². The van der Waals surface area contributed by atoms with Gasteiger partial charge in [0.1, 0.15) is 5.82 Å². The summed E-state index contributed by atoms with van der Waals surface area (Å²) in [6, 6.07) is 10.4. The molecule has 0 fully saturated rings. The highest BCUT2D eigenvalue weighted by Crippen LogP contribution is 2.21. The van der Waals surface area contributed by atoms with Gasteiger partial charge in [-0.2, -0.15) is 0 Å². The Hall–Kier alpha value is -1.39. The number of benzene rings is 1. The largest absolute Gasteiger partial charge is 0.317 e. The molecule has 0 aliphatic heterocycles. The summed E-state index contributed by atoms with van der Waals surface area (Å²) in [7, 11) is 0. The second kappa shape index (κ2) is 8.15. The molecular weight excluding hydrogens is 278 g/mol. The van der Waals surface area contributed by atoms with E-state index in [1.807, 2.05) is 6.07 Å². The van der Waals surface area contributed by atoms with Gasteiger partial charge in [0.25, 0.3) is 0 Å². The average molecular weight is 301 g/mol. The van der Waals surface area contributed by atoms with Crippen molar-refractivity contribution < 1.29 is 0 Å². The van der Waals surface area contributed by atoms with Crippen LogP contribution in [-0.2, 0) is 12.2 Å². The molecule has 2 aromatic rings. The molecule has 0 aliphatic rings. The van der Waals surface area contributed by atoms with Crippen molar-refractivity contribution in [3.63, 3.8) is 0 Å². The van der Waals surface area contributed by atoms with Crippen LogP contribution >= 0.6 is 11.8 Å². The fraction of sp³-hybridized carbons (Fsp3) is 0.412. The van der Waals surface area contributed by atoms with E-state index in [1.165, 1.54) is 10.5 Å². The summed E-state index contributed by atoms with van der Waals surface area (Å²) in [5.41, 5.74) is 3.51. The molecule has 0 saturated heterocycles. The van der Waals surface area contributed by atoms with Crippen molar-refractivity contribution in [2.24, 2.45) is 0 Å². The molecule has 0 amide bonds. The predicted molar refractivity (Wildman–Crippen MR) is 89.8 cm³/mol. The number of hydrogen-bond donors (Lipinski definition) is 1. The summed E-state index contributed by atoms with van der Waals surface area (Å²) in [5.74, 6) is 1.74. The van der Waals surface area contributed by atoms with E-state index in [9.17, 15) is 0 Å². The minimum Gasteiger partial charge on any atom is -0.317 e. The Kier molecular flexibility index (Phi) is 6.21. The van der Waals surface area contributed by atoms with Gasteiger partial charge >= 0.3 is 0 Å². The SMILES string of the molecule is CCNCCc1c(C)nc(CSc2ccccc2)nc1C. The highest BCUT2D eigenvalue weighted by Gasteiger charge is 2.08. The third-order valence-electron chi connectivity index (χ3n) is 3.38. The van der Waals surface area contributed by atoms with Crippen molar-refractivity contribution in [3.05, 3.63) is 53.1 Å². The van der Waals surface area contributed by atoms with E-state index in [4.69, 9.17) is 0 Å². The van der Waals surface area contributed by atoms with Gasteiger partial charge in [-0.15, -0.1) is 11.8 Å². The Morgan fingerprint density at radius 2 is 1.71 bits per heavy atom. The van der Waals surface area contributed by atoms with E-state index in [1.54, 1.807) is 11.8 Å². The minimum absolute atomic E-state index is 0.819. The Bertz CT molecular complexity index is 546. The quantitative estimate of drug-likeness (QED) is 0.627. The van der Waals surface area contributed by atoms with Crippen LogP contribution < -0.4 is 5.32 Å². The standard InChI is InChI=1S/C17H23N3S/c1-4-18-11-10-16-13(2)19-17(20-14(16)3)12-21-15-8-6-5-7-9-15/h5-9,18H,4,10-12H2,1-3H3. The third-order valence-corrected chi connectivity index (χ3v) is 4.39. The summed E-state index contributed by atoms with van der Waals surface area (Å²) in [6.07, 6.45) is 0.998. The van der Waals surface area contributed by atoms with E-state index in [2.05, 4.69) is 60.3 Å². The summed E-state index contributed by atoms with van der Waals surface area (Å²) in [6.45, 7) is 8.30. The van der Waals surface area contributed by atoms with E-state index < -0.39 is 0 Å². The number of thioether (sulfide) groups is 1. The molecule has 0 aliphatic carbocycles. The zero-order chi connectivity index (χ0) is 15.1. The molecule has 0 unspecified atom stereocenters. The summed E-state index contributed by atoms with van der Waals surface area (Å²) < 4.78 is 0. The van der Waals surface area contributed by atoms with Gasteiger partial charge in [-0.05, 0) is 51.1 Å². The lowest BCUT2D eigenvalue weighted by atomic mass is 10.1. The molecule has 1 heterocycles. The molecule has 0 spiro atoms. The van der Waals surface area contributed by atoms with E-state index in [-0.39, 0.29) is 0 Å². The van der Waals surface area contributed by atoms with Crippen molar-refractivity contribution in [2.45, 2.75) is 37.8 Å². The van der Waals surface area contributed by atoms with Crippen molar-refractivity contribution in [2.75, 3.05) is 13.1 Å². The number of likely N-dealkylation sites (N-methyl/N-ethyl adjacent to an activating group) is 1. The van der Waals surface area contributed by atoms with Crippen molar-refractivity contribution in [1.82, 2.24) is 15.3 Å². The summed E-state index contributed by atoms with van der Waals surface area (Å²) >= 11 is 1.78. The first kappa shape index (κ1) is 16.0. The monoisotopic (exact) mass is 301 g/mol. The number of aryl methyl sites for hydroxylation is 2. The lowest BCUT2D eigenvalue weighted by molar-refractivity contribution is 0.706. The molecule has 3 nitrogen and oxygen atoms in total. The number of nitrogens with one attached hydrogen (secondary N) is 1. The number of rotatable bonds is 7. The molecule has 0 bridgehead atoms. The molecule has 1 N–H and O–H groups in total. The molecule has 21 heavy (non-hydrogen) atoms. The zero-order valence-corrected chi connectivity index (χ0v) is 13.8. The van der Waals surface area contributed by atoms with Crippen LogP contribution in [0, 0.1) is 13.8 Å². The van der Waals surface area contributed by atoms with Gasteiger partial charge in [-0.25, -0.2) is 9.97 Å². The molecule has 0 saturated carbocycles. The fourth-order valence-corrected chi connectivity index (χ4v) is 3.06. The van der Waals surface area contributed by atoms with Crippen LogP contribution in [0.25, 0.3) is 0 Å². The van der Waals surface area contributed by atoms with Gasteiger partial charge < -0.3 is 5.32 Å². The molecule has 0 atom stereocenters. The normalized spacial score (nSPS) is 10.8. The van der Waals surface area contributed by atoms with Crippen molar-refractivity contribution >= 4 is 11.8 Å². The van der Waals surface area contributed by atoms with Crippen molar-refractivity contribution in [1.29, 1.82) is 0 Å². The van der Waals surface area contributed by atoms with Gasteiger partial charge in [-0.3, -0.25) is 0 Å². The van der Waals surface area contributed by atoms with Crippen LogP contribution in [0.4, 0.5) is 0 Å². The Morgan fingerprint density at radius 1 is 1.05 bits per heavy atom. The zero-order valence-electron chi connectivity index (χ0n) is 13.0. The molecule has 112 valence electrons. The second-order valence-electron chi connectivity index (χ2n) is 4.99. The van der Waals surface area contributed by atoms with Crippen LogP contribution in [0.3, 0.4) is 0 Å². The third kappa shape index (κ3) is 4.83. The lowest BCUT2D eigenvalue weighted by Gasteiger charge is -2.11. The first-order valence-corrected chi connectivity index (χ1v) is 8.40. The Balaban J connectivity index is 2.01. The maximum absolute atomic E-state index is 4.67. The Morgan fingerprint density at radius 3 is 2.33 bits per heavy atom. The van der Waals surface area contributed by atoms with E-state index in [0.29, 0.717) is 0 Å². The van der Waals surface area contributed by atoms with Gasteiger partial charge in [0.2, 0.25) is 0 Å². The topological polar surface area (TPSA) is 37.8 Å². The van der Waals surface area contributed by atoms with Crippen molar-refractivity contribution in [3.8, 4) is 0 Å². The average Bonchev–Trinajstić information content (AvgIpc) is 2.49. The predicted octanol–water partition coefficient (Wildman–Crippen LogP) is 3.54. The number of aromatic nitrogens is 2. The first-order valence-electron chi connectivity index (χ1n) is 7.42. The number of hydrogen-bond acceptors (Lipinski definition) is 4. The summed E-state index contributed by atoms with van der Waals surface area (Å²) in [5, 5.41) is 3.35. The van der Waals surface area contributed by atoms with E-state index >= 15 is 0 Å². The van der Waals surface area contributed by atoms with Crippen LogP contribution in [0.2, 0.25) is 0 Å². The highest BCUT2D eigenvalue weighted by molar-refractivity contribution is 7.98. The lowest BCUT2D eigenvalue weighted by Crippen LogP contribution is -2.18. The van der Waals surface area contributed by atoms with Gasteiger partial charge in [0, 0.05) is 16.3 Å². The molecule has 1 aromatic heterocycles. The number of nitrogens with zero attached hydrogens (tertiary/aromatic N) is 2. The van der Waals surface area contributed by atoms with E-state index in [0.717, 1.165) is 42.5 Å². The maximum Gasteiger partial charge on any atom is 0.139 e. The Labute approximate surface area is 131 Å². The second-order valence-corrected chi connectivity index (χ2v) is 6.04. The smallest absolute Gasteiger partial charge is 0.139 e. The maximum atomic E-state index is 4.67. The van der Waals surface area contributed by atoms with Crippen LogP contribution in [0.1, 0.15) is 29.7 Å².